The summed E-state index contributed by atoms with van der Waals surface area (Å²) in [5, 5.41) is 24.8. The number of allylic oxidation sites excluding steroid dienone is 3. The molecule has 0 bridgehead atoms. The van der Waals surface area contributed by atoms with Crippen LogP contribution in [-0.2, 0) is 11.8 Å². The molecule has 0 aliphatic heterocycles. The summed E-state index contributed by atoms with van der Waals surface area (Å²) in [7, 11) is 0. The van der Waals surface area contributed by atoms with Gasteiger partial charge in [0.1, 0.15) is 0 Å². The number of hydrogen-bond donors (Lipinski definition) is 2. The van der Waals surface area contributed by atoms with Crippen LogP contribution in [-0.4, -0.2) is 43.3 Å². The van der Waals surface area contributed by atoms with Crippen LogP contribution >= 0.6 is 0 Å². The molecular formula is C38H51N3O4. The molecule has 0 aromatic carbocycles. The van der Waals surface area contributed by atoms with Crippen molar-refractivity contribution in [2.75, 3.05) is 0 Å². The van der Waals surface area contributed by atoms with Gasteiger partial charge in [-0.25, -0.2) is 0 Å². The van der Waals surface area contributed by atoms with Crippen LogP contribution in [0.2, 0.25) is 0 Å². The molecule has 2 N–H and O–H groups in total. The minimum Gasteiger partial charge on any atom is -0.393 e. The maximum atomic E-state index is 14.1. The fraction of sp³-hybridized carbons (Fsp3) is 0.632. The van der Waals surface area contributed by atoms with E-state index in [0.29, 0.717) is 42.0 Å². The number of fused-ring (bicyclic) bond motifs is 1. The van der Waals surface area contributed by atoms with Gasteiger partial charge in [-0.15, -0.1) is 0 Å². The number of rotatable bonds is 11. The summed E-state index contributed by atoms with van der Waals surface area (Å²) in [6, 6.07) is 3.67. The first kappa shape index (κ1) is 32.1. The van der Waals surface area contributed by atoms with Crippen molar-refractivity contribution in [3.8, 4) is 0 Å². The second-order valence-electron chi connectivity index (χ2n) is 14.8. The van der Waals surface area contributed by atoms with Gasteiger partial charge in [0, 0.05) is 36.7 Å². The number of ketones is 1. The van der Waals surface area contributed by atoms with Crippen molar-refractivity contribution >= 4 is 5.78 Å². The van der Waals surface area contributed by atoms with E-state index in [2.05, 4.69) is 49.6 Å². The third kappa shape index (κ3) is 6.27. The van der Waals surface area contributed by atoms with E-state index < -0.39 is 12.2 Å². The third-order valence-corrected chi connectivity index (χ3v) is 12.0. The summed E-state index contributed by atoms with van der Waals surface area (Å²) < 4.78 is 5.83. The van der Waals surface area contributed by atoms with Gasteiger partial charge in [-0.05, 0) is 117 Å². The average Bonchev–Trinajstić information content (AvgIpc) is 3.53. The Morgan fingerprint density at radius 2 is 1.93 bits per heavy atom. The molecule has 2 heterocycles. The van der Waals surface area contributed by atoms with Gasteiger partial charge in [0.25, 0.3) is 0 Å². The number of carbonyl (C=O) groups excluding carboxylic acids is 1. The summed E-state index contributed by atoms with van der Waals surface area (Å²) in [6.07, 6.45) is 18.9. The Balaban J connectivity index is 1.19. The quantitative estimate of drug-likeness (QED) is 0.253. The fourth-order valence-corrected chi connectivity index (χ4v) is 9.31. The normalized spacial score (nSPS) is 32.4. The molecule has 7 nitrogen and oxygen atoms in total. The Kier molecular flexibility index (Phi) is 9.31. The monoisotopic (exact) mass is 613 g/mol. The predicted molar refractivity (Wildman–Crippen MR) is 174 cm³/mol. The molecule has 2 aromatic heterocycles. The van der Waals surface area contributed by atoms with Gasteiger partial charge in [-0.1, -0.05) is 50.2 Å². The number of Topliss-reactive ketones (excluding diaryl/α,β-unsaturated/α-hetero) is 1. The standard InChI is InChI=1S/C38H51N3O4/c1-5-7-34-40-36(45-41-34)38(18-19-38)32(35(44)27-15-20-39-21-16-27)12-9-24(2)30-13-14-31-26(8-6-17-37(30,31)4)10-11-28-22-29(42)23-33(43)25(28)3/h10-11,15-16,20-21,24,29-33,42-43H,3,5-9,12-14,17-19,22-23H2,1-2,4H3/b26-10+,28-11-/t24-,29-,30-,31+,32+,33+,37-/m1/s1. The van der Waals surface area contributed by atoms with E-state index in [4.69, 9.17) is 9.51 Å². The largest absolute Gasteiger partial charge is 0.393 e. The van der Waals surface area contributed by atoms with E-state index in [-0.39, 0.29) is 22.5 Å². The highest BCUT2D eigenvalue weighted by atomic mass is 16.5. The molecule has 0 saturated heterocycles. The number of aryl methyl sites for hydroxylation is 1. The number of aromatic nitrogens is 3. The van der Waals surface area contributed by atoms with Crippen LogP contribution in [0, 0.1) is 29.1 Å². The highest BCUT2D eigenvalue weighted by Gasteiger charge is 2.58. The fourth-order valence-electron chi connectivity index (χ4n) is 9.31. The van der Waals surface area contributed by atoms with Crippen molar-refractivity contribution in [3.63, 3.8) is 0 Å². The molecule has 0 spiro atoms. The van der Waals surface area contributed by atoms with Gasteiger partial charge >= 0.3 is 0 Å². The topological polar surface area (TPSA) is 109 Å². The molecule has 0 unspecified atom stereocenters. The third-order valence-electron chi connectivity index (χ3n) is 12.0. The zero-order chi connectivity index (χ0) is 31.8. The van der Waals surface area contributed by atoms with E-state index in [9.17, 15) is 15.0 Å². The van der Waals surface area contributed by atoms with Crippen LogP contribution in [0.3, 0.4) is 0 Å². The van der Waals surface area contributed by atoms with Crippen molar-refractivity contribution in [1.82, 2.24) is 15.1 Å². The van der Waals surface area contributed by atoms with Crippen LogP contribution in [0.25, 0.3) is 0 Å². The first-order chi connectivity index (χ1) is 21.7. The molecule has 4 saturated carbocycles. The molecule has 0 amide bonds. The van der Waals surface area contributed by atoms with Crippen LogP contribution in [0.1, 0.15) is 120 Å². The summed E-state index contributed by atoms with van der Waals surface area (Å²) in [5.41, 5.74) is 3.82. The predicted octanol–water partition coefficient (Wildman–Crippen LogP) is 7.51. The molecule has 4 aliphatic carbocycles. The van der Waals surface area contributed by atoms with E-state index in [1.165, 1.54) is 31.3 Å². The SMILES string of the molecule is C=C1/C(=C\C=C2/CCC[C@]3(C)[C@@H]([C@H](C)CC[C@@H](C(=O)c4ccncc4)C4(c5nc(CCC)no5)CC4)CC[C@@H]23)C[C@@H](O)C[C@@H]1O. The lowest BCUT2D eigenvalue weighted by Crippen LogP contribution is -2.36. The minimum absolute atomic E-state index is 0.170. The van der Waals surface area contributed by atoms with Gasteiger partial charge < -0.3 is 14.7 Å². The number of hydrogen-bond acceptors (Lipinski definition) is 7. The van der Waals surface area contributed by atoms with Crippen molar-refractivity contribution in [1.29, 1.82) is 0 Å². The Morgan fingerprint density at radius 1 is 1.16 bits per heavy atom. The number of nitrogens with zero attached hydrogens (tertiary/aromatic N) is 3. The Bertz CT molecular complexity index is 1440. The summed E-state index contributed by atoms with van der Waals surface area (Å²) >= 11 is 0. The maximum Gasteiger partial charge on any atom is 0.233 e. The van der Waals surface area contributed by atoms with Crippen molar-refractivity contribution in [3.05, 3.63) is 77.3 Å². The first-order valence-corrected chi connectivity index (χ1v) is 17.4. The van der Waals surface area contributed by atoms with Crippen molar-refractivity contribution in [2.45, 2.75) is 122 Å². The van der Waals surface area contributed by atoms with Gasteiger partial charge in [0.15, 0.2) is 11.6 Å². The summed E-state index contributed by atoms with van der Waals surface area (Å²) in [4.78, 5) is 23.0. The van der Waals surface area contributed by atoms with Crippen molar-refractivity contribution in [2.24, 2.45) is 29.1 Å². The van der Waals surface area contributed by atoms with Crippen LogP contribution in [0.15, 0.2) is 64.5 Å². The van der Waals surface area contributed by atoms with Gasteiger partial charge in [0.2, 0.25) is 5.89 Å². The summed E-state index contributed by atoms with van der Waals surface area (Å²) in [5.74, 6) is 3.00. The van der Waals surface area contributed by atoms with E-state index in [0.717, 1.165) is 61.9 Å². The molecule has 242 valence electrons. The molecule has 6 rings (SSSR count). The minimum atomic E-state index is -0.658. The van der Waals surface area contributed by atoms with Gasteiger partial charge in [-0.2, -0.15) is 4.98 Å². The highest BCUT2D eigenvalue weighted by molar-refractivity contribution is 5.99. The van der Waals surface area contributed by atoms with E-state index in [1.54, 1.807) is 12.4 Å². The van der Waals surface area contributed by atoms with Crippen LogP contribution in [0.5, 0.6) is 0 Å². The smallest absolute Gasteiger partial charge is 0.233 e. The zero-order valence-corrected chi connectivity index (χ0v) is 27.4. The van der Waals surface area contributed by atoms with Gasteiger partial charge in [-0.3, -0.25) is 9.78 Å². The molecule has 7 heteroatoms. The first-order valence-electron chi connectivity index (χ1n) is 17.4. The van der Waals surface area contributed by atoms with Crippen LogP contribution in [0.4, 0.5) is 0 Å². The number of aliphatic hydroxyl groups is 2. The van der Waals surface area contributed by atoms with E-state index >= 15 is 0 Å². The summed E-state index contributed by atoms with van der Waals surface area (Å²) in [6.45, 7) is 11.1. The second-order valence-corrected chi connectivity index (χ2v) is 14.8. The van der Waals surface area contributed by atoms with E-state index in [1.807, 2.05) is 12.1 Å². The lowest BCUT2D eigenvalue weighted by Gasteiger charge is -2.44. The Labute approximate surface area is 268 Å². The lowest BCUT2D eigenvalue weighted by atomic mass is 9.60. The molecular weight excluding hydrogens is 562 g/mol. The average molecular weight is 614 g/mol. The van der Waals surface area contributed by atoms with Crippen molar-refractivity contribution < 1.29 is 19.5 Å². The zero-order valence-electron chi connectivity index (χ0n) is 27.4. The molecule has 0 radical (unpaired) electrons. The highest BCUT2D eigenvalue weighted by Crippen LogP contribution is 2.61. The Hall–Kier alpha value is -2.90. The lowest BCUT2D eigenvalue weighted by molar-refractivity contribution is 0.0789. The Morgan fingerprint density at radius 3 is 2.67 bits per heavy atom. The van der Waals surface area contributed by atoms with Crippen LogP contribution < -0.4 is 0 Å². The molecule has 4 fully saturated rings. The second kappa shape index (κ2) is 13.1. The number of aliphatic hydroxyl groups excluding tert-OH is 2. The molecule has 2 aromatic rings. The molecule has 45 heavy (non-hydrogen) atoms. The molecule has 7 atom stereocenters. The number of carbonyl (C=O) groups is 1. The number of pyridine rings is 1. The molecule has 4 aliphatic rings. The van der Waals surface area contributed by atoms with Gasteiger partial charge in [0.05, 0.1) is 17.6 Å². The maximum absolute atomic E-state index is 14.1.